The molecule has 15 heteroatoms. The molecule has 0 saturated heterocycles. The van der Waals surface area contributed by atoms with Crippen molar-refractivity contribution in [1.82, 2.24) is 9.97 Å². The molecule has 1 unspecified atom stereocenters. The highest BCUT2D eigenvalue weighted by molar-refractivity contribution is 6.37. The van der Waals surface area contributed by atoms with Gasteiger partial charge in [0.25, 0.3) is 0 Å². The number of halogens is 4. The van der Waals surface area contributed by atoms with Crippen molar-refractivity contribution in [2.24, 2.45) is 5.41 Å². The third-order valence-corrected chi connectivity index (χ3v) is 11.7. The van der Waals surface area contributed by atoms with Crippen LogP contribution in [0.4, 0.5) is 5.69 Å². The summed E-state index contributed by atoms with van der Waals surface area (Å²) in [5.41, 5.74) is 4.96. The Morgan fingerprint density at radius 3 is 1.78 bits per heavy atom. The molecule has 0 aliphatic heterocycles. The number of carbonyl (C=O) groups is 1. The number of aliphatic carboxylic acids is 1. The monoisotopic (exact) mass is 924 g/mol. The molecular weight excluding hydrogens is 886 g/mol. The topological polar surface area (TPSA) is 148 Å². The molecule has 6 rings (SSSR count). The second kappa shape index (κ2) is 21.4. The first-order valence-electron chi connectivity index (χ1n) is 19.6. The van der Waals surface area contributed by atoms with Gasteiger partial charge in [-0.05, 0) is 67.1 Å². The number of carboxylic acid groups (broad SMARTS) is 1. The molecule has 0 aliphatic rings. The summed E-state index contributed by atoms with van der Waals surface area (Å²) in [4.78, 5) is 23.6. The molecule has 322 valence electrons. The van der Waals surface area contributed by atoms with Crippen LogP contribution in [0.1, 0.15) is 59.2 Å². The van der Waals surface area contributed by atoms with Gasteiger partial charge in [0.2, 0.25) is 5.69 Å². The molecule has 0 saturated carbocycles. The van der Waals surface area contributed by atoms with E-state index in [0.717, 1.165) is 11.1 Å². The maximum Gasteiger partial charge on any atom is 0.311 e. The first-order chi connectivity index (χ1) is 30.4. The zero-order valence-corrected chi connectivity index (χ0v) is 37.2. The second-order valence-corrected chi connectivity index (χ2v) is 16.3. The summed E-state index contributed by atoms with van der Waals surface area (Å²) < 4.78 is 24.8. The highest BCUT2D eigenvalue weighted by atomic mass is 35.5. The molecule has 11 nitrogen and oxygen atoms in total. The number of nitrogens with zero attached hydrogens (tertiary/aromatic N) is 4. The predicted molar refractivity (Wildman–Crippen MR) is 242 cm³/mol. The number of benzene rings is 4. The number of rotatable bonds is 19. The summed E-state index contributed by atoms with van der Waals surface area (Å²) in [5, 5.41) is 30.3. The van der Waals surface area contributed by atoms with Crippen molar-refractivity contribution in [3.8, 4) is 40.2 Å². The highest BCUT2D eigenvalue weighted by Gasteiger charge is 2.32. The third-order valence-electron chi connectivity index (χ3n) is 10.3. The van der Waals surface area contributed by atoms with Crippen molar-refractivity contribution >= 4 is 58.1 Å². The van der Waals surface area contributed by atoms with Crippen LogP contribution >= 0.6 is 46.4 Å². The summed E-state index contributed by atoms with van der Waals surface area (Å²) >= 11 is 27.5. The first-order valence-corrected chi connectivity index (χ1v) is 21.1. The number of pyridine rings is 2. The maximum atomic E-state index is 11.9. The first kappa shape index (κ1) is 46.5. The highest BCUT2D eigenvalue weighted by Crippen LogP contribution is 2.41. The molecule has 0 aliphatic carbocycles. The molecule has 0 spiro atoms. The van der Waals surface area contributed by atoms with Gasteiger partial charge in [0, 0.05) is 64.7 Å². The summed E-state index contributed by atoms with van der Waals surface area (Å²) in [6, 6.07) is 23.4. The van der Waals surface area contributed by atoms with Gasteiger partial charge < -0.3 is 29.2 Å². The summed E-state index contributed by atoms with van der Waals surface area (Å²) in [5.74, 6) is 0.536. The molecular formula is C48H40Cl4N4O7. The molecule has 63 heavy (non-hydrogen) atoms. The molecule has 2 N–H and O–H groups in total. The van der Waals surface area contributed by atoms with Gasteiger partial charge in [-0.15, -0.1) is 0 Å². The Labute approximate surface area is 385 Å². The molecule has 0 amide bonds. The Hall–Kier alpha value is -6.05. The standard InChI is InChI=1S/C48H40Cl4N4O7/c1-4-32-15-39(49)43(17-41(32)60-24-30-13-29(19-53)20-55-21-30)62-26-34-7-5-9-37(45(34)51)38-10-6-8-35(46(38)52)27-63-44-18-42(61-25-31-14-36(54-3)23-56-22-31)33(16-40(44)50)11-12-48(2,28-57)47(58)59/h5-10,13-18,20-23,57H,4,11-12,24-28H2,1-2H3,(H,58,59). The Kier molecular flexibility index (Phi) is 15.7. The molecule has 1 atom stereocenters. The average Bonchev–Trinajstić information content (AvgIpc) is 3.29. The van der Waals surface area contributed by atoms with Crippen LogP contribution in [0.15, 0.2) is 97.6 Å². The number of aromatic nitrogens is 2. The van der Waals surface area contributed by atoms with Crippen LogP contribution in [0.25, 0.3) is 16.0 Å². The van der Waals surface area contributed by atoms with Crippen LogP contribution in [0.2, 0.25) is 20.1 Å². The molecule has 2 aromatic heterocycles. The predicted octanol–water partition coefficient (Wildman–Crippen LogP) is 12.1. The van der Waals surface area contributed by atoms with E-state index in [0.29, 0.717) is 83.4 Å². The van der Waals surface area contributed by atoms with E-state index in [9.17, 15) is 20.3 Å². The number of aryl methyl sites for hydroxylation is 2. The lowest BCUT2D eigenvalue weighted by atomic mass is 9.85. The van der Waals surface area contributed by atoms with Crippen molar-refractivity contribution < 1.29 is 34.0 Å². The van der Waals surface area contributed by atoms with Gasteiger partial charge in [0.1, 0.15) is 55.5 Å². The Morgan fingerprint density at radius 1 is 0.730 bits per heavy atom. The number of ether oxygens (including phenoxy) is 4. The van der Waals surface area contributed by atoms with E-state index in [1.54, 1.807) is 42.7 Å². The molecule has 4 aromatic carbocycles. The zero-order chi connectivity index (χ0) is 45.1. The van der Waals surface area contributed by atoms with Gasteiger partial charge in [-0.3, -0.25) is 14.8 Å². The fraction of sp³-hybridized carbons (Fsp3) is 0.229. The summed E-state index contributed by atoms with van der Waals surface area (Å²) in [6.07, 6.45) is 7.18. The summed E-state index contributed by atoms with van der Waals surface area (Å²) in [6.45, 7) is 10.6. The van der Waals surface area contributed by atoms with Gasteiger partial charge in [-0.2, -0.15) is 5.26 Å². The smallest absolute Gasteiger partial charge is 0.311 e. The number of carboxylic acids is 1. The van der Waals surface area contributed by atoms with Crippen LogP contribution in [0.5, 0.6) is 23.0 Å². The molecule has 0 fully saturated rings. The number of aliphatic hydroxyl groups excluding tert-OH is 1. The lowest BCUT2D eigenvalue weighted by molar-refractivity contribution is -0.150. The normalized spacial score (nSPS) is 11.8. The molecule has 6 aromatic rings. The van der Waals surface area contributed by atoms with Crippen molar-refractivity contribution in [3.05, 3.63) is 168 Å². The lowest BCUT2D eigenvalue weighted by Crippen LogP contribution is -2.32. The minimum atomic E-state index is -1.38. The van der Waals surface area contributed by atoms with Crippen molar-refractivity contribution in [2.75, 3.05) is 6.61 Å². The van der Waals surface area contributed by atoms with Crippen molar-refractivity contribution in [2.45, 2.75) is 59.5 Å². The van der Waals surface area contributed by atoms with Crippen molar-refractivity contribution in [1.29, 1.82) is 5.26 Å². The largest absolute Gasteiger partial charge is 0.488 e. The van der Waals surface area contributed by atoms with Crippen LogP contribution in [0, 0.1) is 23.3 Å². The van der Waals surface area contributed by atoms with E-state index >= 15 is 0 Å². The quantitative estimate of drug-likeness (QED) is 0.0752. The van der Waals surface area contributed by atoms with E-state index in [2.05, 4.69) is 20.9 Å². The fourth-order valence-corrected chi connectivity index (χ4v) is 7.50. The Bertz CT molecular complexity index is 2720. The lowest BCUT2D eigenvalue weighted by Gasteiger charge is -2.23. The Morgan fingerprint density at radius 2 is 1.25 bits per heavy atom. The number of hydrogen-bond acceptors (Lipinski definition) is 9. The molecule has 2 heterocycles. The van der Waals surface area contributed by atoms with E-state index < -0.39 is 18.0 Å². The van der Waals surface area contributed by atoms with E-state index in [4.69, 9.17) is 71.9 Å². The average molecular weight is 927 g/mol. The second-order valence-electron chi connectivity index (χ2n) is 14.7. The van der Waals surface area contributed by atoms with Gasteiger partial charge in [0.15, 0.2) is 0 Å². The third kappa shape index (κ3) is 11.5. The SMILES string of the molecule is [C-]#[N+]c1cncc(COc2cc(OCc3cccc(-c4cccc(COc5cc(OCc6cncc(C#N)c6)c(CC)cc5Cl)c4Cl)c3Cl)c(Cl)cc2CCC(C)(CO)C(=O)O)c1. The van der Waals surface area contributed by atoms with E-state index in [-0.39, 0.29) is 50.0 Å². The maximum absolute atomic E-state index is 11.9. The minimum Gasteiger partial charge on any atom is -0.488 e. The van der Waals surface area contributed by atoms with Gasteiger partial charge in [0.05, 0.1) is 44.2 Å². The number of aliphatic hydroxyl groups is 1. The van der Waals surface area contributed by atoms with Crippen LogP contribution < -0.4 is 18.9 Å². The van der Waals surface area contributed by atoms with Crippen LogP contribution in [0.3, 0.4) is 0 Å². The minimum absolute atomic E-state index is 0.0150. The Balaban J connectivity index is 1.19. The van der Waals surface area contributed by atoms with Gasteiger partial charge in [-0.1, -0.05) is 89.7 Å². The molecule has 0 radical (unpaired) electrons. The number of hydrogen-bond donors (Lipinski definition) is 2. The van der Waals surface area contributed by atoms with E-state index in [1.165, 1.54) is 19.3 Å². The van der Waals surface area contributed by atoms with Crippen molar-refractivity contribution in [3.63, 3.8) is 0 Å². The molecule has 0 bridgehead atoms. The van der Waals surface area contributed by atoms with Crippen LogP contribution in [-0.2, 0) is 44.1 Å². The van der Waals surface area contributed by atoms with E-state index in [1.807, 2.05) is 49.4 Å². The van der Waals surface area contributed by atoms with Crippen LogP contribution in [-0.4, -0.2) is 32.8 Å². The van der Waals surface area contributed by atoms with Gasteiger partial charge >= 0.3 is 5.97 Å². The summed E-state index contributed by atoms with van der Waals surface area (Å²) in [7, 11) is 0. The zero-order valence-electron chi connectivity index (χ0n) is 34.1. The fourth-order valence-electron chi connectivity index (χ4n) is 6.45. The van der Waals surface area contributed by atoms with Gasteiger partial charge in [-0.25, -0.2) is 4.85 Å². The number of nitriles is 1.